The minimum absolute atomic E-state index is 0.000542. The Morgan fingerprint density at radius 2 is 1.75 bits per heavy atom. The first-order chi connectivity index (χ1) is 24.8. The van der Waals surface area contributed by atoms with Crippen LogP contribution < -0.4 is 20.7 Å². The summed E-state index contributed by atoms with van der Waals surface area (Å²) in [6.07, 6.45) is -2.29. The van der Waals surface area contributed by atoms with Gasteiger partial charge in [0.1, 0.15) is 28.8 Å². The highest BCUT2D eigenvalue weighted by atomic mass is 35.5. The summed E-state index contributed by atoms with van der Waals surface area (Å²) in [6.45, 7) is 8.20. The summed E-state index contributed by atoms with van der Waals surface area (Å²) in [5.74, 6) is -6.01. The number of rotatable bonds is 11. The fourth-order valence-corrected chi connectivity index (χ4v) is 6.70. The average molecular weight is 776 g/mol. The maximum absolute atomic E-state index is 16.0. The number of carboxylic acids is 1. The minimum Gasteiger partial charge on any atom is -0.495 e. The van der Waals surface area contributed by atoms with Crippen LogP contribution in [0.15, 0.2) is 54.6 Å². The molecule has 1 fully saturated rings. The molecule has 16 heteroatoms. The van der Waals surface area contributed by atoms with Crippen molar-refractivity contribution in [2.75, 3.05) is 12.4 Å². The van der Waals surface area contributed by atoms with Gasteiger partial charge in [-0.25, -0.2) is 18.4 Å². The highest BCUT2D eigenvalue weighted by Gasteiger charge is 2.61. The number of esters is 1. The number of benzene rings is 3. The zero-order valence-corrected chi connectivity index (χ0v) is 31.1. The van der Waals surface area contributed by atoms with Gasteiger partial charge in [-0.15, -0.1) is 0 Å². The third kappa shape index (κ3) is 8.98. The lowest BCUT2D eigenvalue weighted by Gasteiger charge is -2.37. The van der Waals surface area contributed by atoms with Crippen LogP contribution in [0.5, 0.6) is 5.75 Å². The Bertz CT molecular complexity index is 1950. The van der Waals surface area contributed by atoms with Crippen LogP contribution >= 0.6 is 23.2 Å². The third-order valence-corrected chi connectivity index (χ3v) is 9.20. The largest absolute Gasteiger partial charge is 0.495 e. The number of carbonyl (C=O) groups is 4. The monoisotopic (exact) mass is 774 g/mol. The van der Waals surface area contributed by atoms with Crippen molar-refractivity contribution in [1.82, 2.24) is 10.6 Å². The Morgan fingerprint density at radius 1 is 1.06 bits per heavy atom. The van der Waals surface area contributed by atoms with Crippen molar-refractivity contribution in [3.63, 3.8) is 0 Å². The van der Waals surface area contributed by atoms with Crippen molar-refractivity contribution in [2.45, 2.75) is 76.8 Å². The molecule has 0 bridgehead atoms. The van der Waals surface area contributed by atoms with Crippen LogP contribution in [0.3, 0.4) is 0 Å². The smallest absolute Gasteiger partial charge is 0.410 e. The first-order valence-electron chi connectivity index (χ1n) is 16.3. The molecular weight excluding hydrogens is 737 g/mol. The minimum atomic E-state index is -1.85. The molecule has 1 saturated heterocycles. The van der Waals surface area contributed by atoms with Gasteiger partial charge in [0.15, 0.2) is 0 Å². The molecule has 12 nitrogen and oxygen atoms in total. The molecule has 0 spiro atoms. The van der Waals surface area contributed by atoms with E-state index in [1.54, 1.807) is 0 Å². The molecule has 4 rings (SSSR count). The number of carboxylic acid groups (broad SMARTS) is 1. The van der Waals surface area contributed by atoms with Gasteiger partial charge in [0.05, 0.1) is 35.5 Å². The molecule has 2 amide bonds. The molecule has 3 aromatic rings. The molecule has 4 N–H and O–H groups in total. The van der Waals surface area contributed by atoms with E-state index in [1.165, 1.54) is 69.5 Å². The van der Waals surface area contributed by atoms with Gasteiger partial charge >= 0.3 is 18.0 Å². The van der Waals surface area contributed by atoms with Crippen LogP contribution in [0.2, 0.25) is 10.0 Å². The highest BCUT2D eigenvalue weighted by molar-refractivity contribution is 6.31. The van der Waals surface area contributed by atoms with Gasteiger partial charge < -0.3 is 35.3 Å². The summed E-state index contributed by atoms with van der Waals surface area (Å²) < 4.78 is 47.4. The summed E-state index contributed by atoms with van der Waals surface area (Å²) in [5.41, 5.74) is -2.48. The van der Waals surface area contributed by atoms with Gasteiger partial charge in [0, 0.05) is 29.5 Å². The van der Waals surface area contributed by atoms with Crippen LogP contribution in [-0.4, -0.2) is 60.6 Å². The lowest BCUT2D eigenvalue weighted by atomic mass is 9.62. The number of ether oxygens (including phenoxy) is 3. The van der Waals surface area contributed by atoms with E-state index < -0.39 is 76.7 Å². The van der Waals surface area contributed by atoms with E-state index >= 15 is 8.78 Å². The number of halogens is 4. The number of anilines is 1. The van der Waals surface area contributed by atoms with Crippen LogP contribution in [0.1, 0.15) is 68.4 Å². The second-order valence-corrected chi connectivity index (χ2v) is 14.5. The van der Waals surface area contributed by atoms with Gasteiger partial charge in [-0.3, -0.25) is 9.59 Å². The fraction of sp³-hybridized carbons (Fsp3) is 0.378. The fourth-order valence-electron chi connectivity index (χ4n) is 6.35. The van der Waals surface area contributed by atoms with E-state index in [9.17, 15) is 24.4 Å². The molecule has 282 valence electrons. The Morgan fingerprint density at radius 3 is 2.36 bits per heavy atom. The summed E-state index contributed by atoms with van der Waals surface area (Å²) in [4.78, 5) is 50.1. The standard InChI is InChI=1S/C37H38Cl2F2N4O8/c1-18(33(47)48)43-35(50)53-19(2)52-34(49)20-10-13-26(27(14-20)51-6)44-32(46)31-29(22-8-7-9-24(39)30(22)41)37(17-42,28(45-31)16-36(3,4)5)23-12-11-21(38)15-25(23)40/h7-15,18-19,28-29,31,45H,16H2,1-6H3,(H,43,50)(H,44,46)(H,47,48)/t18-,19?,28-,29-,31+,37-/m0/s1. The second kappa shape index (κ2) is 16.4. The molecular formula is C37H38Cl2F2N4O8. The van der Waals surface area contributed by atoms with E-state index in [0.717, 1.165) is 6.07 Å². The SMILES string of the molecule is COc1cc(C(=O)OC(C)OC(=O)N[C@@H](C)C(=O)O)ccc1NC(=O)[C@@H]1N[C@@H](CC(C)(C)C)[C@](C#N)(c2ccc(Cl)cc2F)[C@H]1c1cccc(Cl)c1F. The highest BCUT2D eigenvalue weighted by Crippen LogP contribution is 2.53. The maximum Gasteiger partial charge on any atom is 0.410 e. The van der Waals surface area contributed by atoms with Gasteiger partial charge in [0.25, 0.3) is 0 Å². The maximum atomic E-state index is 16.0. The Hall–Kier alpha value is -4.97. The van der Waals surface area contributed by atoms with Crippen LogP contribution in [0.25, 0.3) is 0 Å². The van der Waals surface area contributed by atoms with Crippen molar-refractivity contribution in [3.8, 4) is 11.8 Å². The molecule has 3 aromatic carbocycles. The van der Waals surface area contributed by atoms with Gasteiger partial charge in [-0.2, -0.15) is 5.26 Å². The molecule has 1 aliphatic rings. The molecule has 53 heavy (non-hydrogen) atoms. The molecule has 1 heterocycles. The molecule has 0 aromatic heterocycles. The first-order valence-corrected chi connectivity index (χ1v) is 17.0. The number of carbonyl (C=O) groups excluding carboxylic acids is 3. The molecule has 0 radical (unpaired) electrons. The first kappa shape index (κ1) is 40.8. The van der Waals surface area contributed by atoms with E-state index in [2.05, 4.69) is 22.0 Å². The quantitative estimate of drug-likeness (QED) is 0.118. The number of nitrogens with one attached hydrogen (secondary N) is 3. The third-order valence-electron chi connectivity index (χ3n) is 8.68. The van der Waals surface area contributed by atoms with Crippen LogP contribution in [-0.2, 0) is 24.5 Å². The molecule has 6 atom stereocenters. The van der Waals surface area contributed by atoms with E-state index in [1.807, 2.05) is 20.8 Å². The van der Waals surface area contributed by atoms with E-state index in [-0.39, 0.29) is 44.6 Å². The summed E-state index contributed by atoms with van der Waals surface area (Å²) in [6, 6.07) is 10.7. The summed E-state index contributed by atoms with van der Waals surface area (Å²) in [7, 11) is 1.28. The Balaban J connectivity index is 1.71. The average Bonchev–Trinajstić information content (AvgIpc) is 3.38. The Labute approximate surface area is 314 Å². The lowest BCUT2D eigenvalue weighted by molar-refractivity contribution is -0.139. The Kier molecular flexibility index (Phi) is 12.6. The number of hydrogen-bond acceptors (Lipinski definition) is 9. The zero-order chi connectivity index (χ0) is 39.4. The van der Waals surface area contributed by atoms with Crippen molar-refractivity contribution in [1.29, 1.82) is 5.26 Å². The zero-order valence-electron chi connectivity index (χ0n) is 29.6. The van der Waals surface area contributed by atoms with Crippen molar-refractivity contribution >= 4 is 52.8 Å². The number of methoxy groups -OCH3 is 1. The topological polar surface area (TPSA) is 176 Å². The van der Waals surface area contributed by atoms with E-state index in [0.29, 0.717) is 0 Å². The number of hydrogen-bond donors (Lipinski definition) is 4. The summed E-state index contributed by atoms with van der Waals surface area (Å²) in [5, 5.41) is 27.8. The second-order valence-electron chi connectivity index (χ2n) is 13.7. The number of amides is 2. The van der Waals surface area contributed by atoms with Gasteiger partial charge in [-0.1, -0.05) is 62.2 Å². The van der Waals surface area contributed by atoms with Crippen molar-refractivity contribution < 1.29 is 47.3 Å². The van der Waals surface area contributed by atoms with Gasteiger partial charge in [0.2, 0.25) is 12.2 Å². The van der Waals surface area contributed by atoms with E-state index in [4.69, 9.17) is 42.5 Å². The number of aliphatic carboxylic acids is 1. The van der Waals surface area contributed by atoms with Crippen LogP contribution in [0.4, 0.5) is 19.3 Å². The summed E-state index contributed by atoms with van der Waals surface area (Å²) >= 11 is 12.3. The van der Waals surface area contributed by atoms with Crippen molar-refractivity contribution in [3.05, 3.63) is 93.0 Å². The number of nitrogens with zero attached hydrogens (tertiary/aromatic N) is 1. The molecule has 1 aliphatic heterocycles. The van der Waals surface area contributed by atoms with Crippen LogP contribution in [0, 0.1) is 28.4 Å². The predicted molar refractivity (Wildman–Crippen MR) is 191 cm³/mol. The predicted octanol–water partition coefficient (Wildman–Crippen LogP) is 6.94. The molecule has 0 aliphatic carbocycles. The normalized spacial score (nSPS) is 20.7. The molecule has 0 saturated carbocycles. The van der Waals surface area contributed by atoms with Gasteiger partial charge in [-0.05, 0) is 60.7 Å². The number of nitriles is 1. The number of alkyl carbamates (subject to hydrolysis) is 1. The lowest BCUT2D eigenvalue weighted by Crippen LogP contribution is -2.45. The van der Waals surface area contributed by atoms with Crippen molar-refractivity contribution in [2.24, 2.45) is 5.41 Å². The molecule has 1 unspecified atom stereocenters.